The molecule has 0 heterocycles. The highest BCUT2D eigenvalue weighted by atomic mass is 127. The van der Waals surface area contributed by atoms with Gasteiger partial charge in [0, 0.05) is 0 Å². The van der Waals surface area contributed by atoms with Gasteiger partial charge in [-0.25, -0.2) is 0 Å². The number of hydrogen-bond donors (Lipinski definition) is 0. The Hall–Kier alpha value is -0.0900. The summed E-state index contributed by atoms with van der Waals surface area (Å²) in [6.07, 6.45) is 32.9. The molecule has 0 saturated carbocycles. The van der Waals surface area contributed by atoms with Crippen molar-refractivity contribution in [2.45, 2.75) is 104 Å². The zero-order chi connectivity index (χ0) is 20.1. The maximum Gasteiger partial charge on any atom is 0.0972 e. The summed E-state index contributed by atoms with van der Waals surface area (Å²) in [6.45, 7) is 6.76. The fourth-order valence-corrected chi connectivity index (χ4v) is 3.49. The van der Waals surface area contributed by atoms with Crippen molar-refractivity contribution in [3.8, 4) is 0 Å². The van der Waals surface area contributed by atoms with Crippen LogP contribution >= 0.6 is 0 Å². The van der Waals surface area contributed by atoms with Gasteiger partial charge in [-0.3, -0.25) is 0 Å². The molecule has 0 fully saturated rings. The fraction of sp³-hybridized carbons (Fsp3) is 0.769. The number of likely N-dealkylation sites (N-methyl/N-ethyl adjacent to an activating group) is 1. The van der Waals surface area contributed by atoms with Gasteiger partial charge in [-0.15, -0.1) is 0 Å². The second kappa shape index (κ2) is 23.2. The lowest BCUT2D eigenvalue weighted by Crippen LogP contribution is -3.00. The van der Waals surface area contributed by atoms with E-state index in [2.05, 4.69) is 57.5 Å². The third-order valence-electron chi connectivity index (χ3n) is 5.38. The first-order valence-corrected chi connectivity index (χ1v) is 11.9. The van der Waals surface area contributed by atoms with Crippen LogP contribution in [0.4, 0.5) is 0 Å². The second-order valence-corrected chi connectivity index (χ2v) is 8.78. The van der Waals surface area contributed by atoms with Crippen LogP contribution in [-0.2, 0) is 0 Å². The van der Waals surface area contributed by atoms with E-state index in [1.807, 2.05) is 6.92 Å². The molecule has 0 aliphatic rings. The van der Waals surface area contributed by atoms with Gasteiger partial charge in [-0.05, 0) is 25.8 Å². The summed E-state index contributed by atoms with van der Waals surface area (Å²) in [7, 11) is 4.70. The van der Waals surface area contributed by atoms with Crippen LogP contribution in [0, 0.1) is 0 Å². The summed E-state index contributed by atoms with van der Waals surface area (Å²) >= 11 is 0. The van der Waals surface area contributed by atoms with Crippen molar-refractivity contribution < 1.29 is 28.5 Å². The smallest absolute Gasteiger partial charge is 0.0972 e. The summed E-state index contributed by atoms with van der Waals surface area (Å²) in [5, 5.41) is 0. The molecule has 1 nitrogen and oxygen atoms in total. The van der Waals surface area contributed by atoms with E-state index in [9.17, 15) is 0 Å². The number of hydrogen-bond acceptors (Lipinski definition) is 0. The molecule has 0 radical (unpaired) electrons. The molecular weight excluding hydrogens is 453 g/mol. The monoisotopic (exact) mass is 503 g/mol. The molecule has 0 saturated heterocycles. The van der Waals surface area contributed by atoms with E-state index in [1.54, 1.807) is 0 Å². The van der Waals surface area contributed by atoms with E-state index in [1.165, 1.54) is 96.4 Å². The Bertz CT molecular complexity index is 382. The van der Waals surface area contributed by atoms with Gasteiger partial charge in [0.25, 0.3) is 0 Å². The SMILES string of the molecule is C/C=C/C=C/C=C/C[N+](C)(C)CCCCCCCCCCCCCCCC.[I-]. The van der Waals surface area contributed by atoms with Gasteiger partial charge in [0.1, 0.15) is 0 Å². The molecule has 28 heavy (non-hydrogen) atoms. The maximum atomic E-state index is 2.35. The molecule has 166 valence electrons. The fourth-order valence-electron chi connectivity index (χ4n) is 3.49. The highest BCUT2D eigenvalue weighted by Gasteiger charge is 2.11. The Morgan fingerprint density at radius 1 is 0.571 bits per heavy atom. The van der Waals surface area contributed by atoms with Crippen LogP contribution < -0.4 is 24.0 Å². The van der Waals surface area contributed by atoms with Crippen LogP contribution in [0.3, 0.4) is 0 Å². The largest absolute Gasteiger partial charge is 1.00 e. The van der Waals surface area contributed by atoms with Crippen molar-refractivity contribution in [2.75, 3.05) is 27.2 Å². The van der Waals surface area contributed by atoms with Gasteiger partial charge in [0.2, 0.25) is 0 Å². The van der Waals surface area contributed by atoms with Crippen molar-refractivity contribution >= 4 is 0 Å². The van der Waals surface area contributed by atoms with Crippen LogP contribution in [0.15, 0.2) is 36.5 Å². The van der Waals surface area contributed by atoms with Crippen molar-refractivity contribution in [3.63, 3.8) is 0 Å². The van der Waals surface area contributed by atoms with Crippen LogP contribution in [0.25, 0.3) is 0 Å². The van der Waals surface area contributed by atoms with E-state index in [0.717, 1.165) is 11.0 Å². The summed E-state index contributed by atoms with van der Waals surface area (Å²) in [5.74, 6) is 0. The minimum absolute atomic E-state index is 0. The molecule has 0 aromatic heterocycles. The van der Waals surface area contributed by atoms with Crippen molar-refractivity contribution in [3.05, 3.63) is 36.5 Å². The summed E-state index contributed by atoms with van der Waals surface area (Å²) in [6, 6.07) is 0. The molecule has 2 heteroatoms. The zero-order valence-corrected chi connectivity index (χ0v) is 21.8. The lowest BCUT2D eigenvalue weighted by molar-refractivity contribution is -0.884. The molecule has 0 spiro atoms. The first kappa shape index (κ1) is 30.1. The van der Waals surface area contributed by atoms with Gasteiger partial charge >= 0.3 is 0 Å². The molecule has 0 aromatic carbocycles. The number of halogens is 1. The Labute approximate surface area is 195 Å². The number of nitrogens with zero attached hydrogens (tertiary/aromatic N) is 1. The van der Waals surface area contributed by atoms with Crippen molar-refractivity contribution in [2.24, 2.45) is 0 Å². The standard InChI is InChI=1S/C26H50N.HI/c1-5-7-9-11-13-14-15-16-17-18-19-20-22-24-26-27(3,4)25-23-21-12-10-8-6-2;/h6,8,10,12,21,23H,5,7,9,11,13-20,22,24-26H2,1-4H3;1H/q+1;/p-1/b8-6+,12-10+,23-21+;. The van der Waals surface area contributed by atoms with Gasteiger partial charge in [-0.1, -0.05) is 114 Å². The van der Waals surface area contributed by atoms with Crippen LogP contribution in [-0.4, -0.2) is 31.7 Å². The van der Waals surface area contributed by atoms with Crippen LogP contribution in [0.1, 0.15) is 104 Å². The van der Waals surface area contributed by atoms with Gasteiger partial charge in [-0.2, -0.15) is 0 Å². The van der Waals surface area contributed by atoms with E-state index < -0.39 is 0 Å². The van der Waals surface area contributed by atoms with E-state index in [4.69, 9.17) is 0 Å². The number of allylic oxidation sites excluding steroid dienone is 5. The predicted molar refractivity (Wildman–Crippen MR) is 125 cm³/mol. The Morgan fingerprint density at radius 2 is 1.00 bits per heavy atom. The molecule has 0 atom stereocenters. The van der Waals surface area contributed by atoms with E-state index in [0.29, 0.717) is 0 Å². The molecule has 0 bridgehead atoms. The summed E-state index contributed by atoms with van der Waals surface area (Å²) in [5.41, 5.74) is 0. The minimum atomic E-state index is 0. The van der Waals surface area contributed by atoms with Crippen molar-refractivity contribution in [1.82, 2.24) is 0 Å². The van der Waals surface area contributed by atoms with E-state index in [-0.39, 0.29) is 24.0 Å². The Kier molecular flexibility index (Phi) is 24.9. The third kappa shape index (κ3) is 23.9. The molecule has 0 N–H and O–H groups in total. The minimum Gasteiger partial charge on any atom is -1.00 e. The third-order valence-corrected chi connectivity index (χ3v) is 5.38. The first-order chi connectivity index (χ1) is 13.1. The summed E-state index contributed by atoms with van der Waals surface area (Å²) < 4.78 is 1.10. The van der Waals surface area contributed by atoms with Crippen LogP contribution in [0.2, 0.25) is 0 Å². The highest BCUT2D eigenvalue weighted by Crippen LogP contribution is 2.13. The summed E-state index contributed by atoms with van der Waals surface area (Å²) in [4.78, 5) is 0. The van der Waals surface area contributed by atoms with Gasteiger partial charge in [0.15, 0.2) is 0 Å². The molecular formula is C26H50IN. The molecule has 0 rings (SSSR count). The lowest BCUT2D eigenvalue weighted by Gasteiger charge is -2.28. The number of rotatable bonds is 19. The number of unbranched alkanes of at least 4 members (excludes halogenated alkanes) is 13. The predicted octanol–water partition coefficient (Wildman–Crippen LogP) is 5.24. The van der Waals surface area contributed by atoms with Gasteiger partial charge < -0.3 is 28.5 Å². The molecule has 0 aromatic rings. The Balaban J connectivity index is 0. The average molecular weight is 504 g/mol. The normalized spacial score (nSPS) is 12.4. The maximum absolute atomic E-state index is 2.35. The molecule has 0 unspecified atom stereocenters. The van der Waals surface area contributed by atoms with Crippen molar-refractivity contribution in [1.29, 1.82) is 0 Å². The zero-order valence-electron chi connectivity index (χ0n) is 19.6. The molecule has 0 amide bonds. The molecule has 0 aliphatic heterocycles. The topological polar surface area (TPSA) is 0 Å². The second-order valence-electron chi connectivity index (χ2n) is 8.78. The first-order valence-electron chi connectivity index (χ1n) is 11.9. The average Bonchev–Trinajstić information content (AvgIpc) is 2.65. The van der Waals surface area contributed by atoms with Crippen LogP contribution in [0.5, 0.6) is 0 Å². The quantitative estimate of drug-likeness (QED) is 0.0980. The Morgan fingerprint density at radius 3 is 1.46 bits per heavy atom. The highest BCUT2D eigenvalue weighted by molar-refractivity contribution is 5.10. The van der Waals surface area contributed by atoms with Gasteiger partial charge in [0.05, 0.1) is 27.2 Å². The molecule has 0 aliphatic carbocycles. The van der Waals surface area contributed by atoms with E-state index >= 15 is 0 Å². The number of quaternary nitrogens is 1. The lowest BCUT2D eigenvalue weighted by atomic mass is 10.0.